The van der Waals surface area contributed by atoms with Crippen molar-refractivity contribution in [3.8, 4) is 11.5 Å². The number of aromatic hydroxyl groups is 1. The largest absolute Gasteiger partial charge is 0.868 e. The number of H-pyrrole nitrogens is 1. The van der Waals surface area contributed by atoms with E-state index in [1.807, 2.05) is 48.5 Å². The van der Waals surface area contributed by atoms with Crippen LogP contribution in [0, 0.1) is 10.1 Å². The Hall–Kier alpha value is -3.87. The summed E-state index contributed by atoms with van der Waals surface area (Å²) in [6.07, 6.45) is 0. The molecule has 0 bridgehead atoms. The van der Waals surface area contributed by atoms with Gasteiger partial charge in [-0.15, -0.1) is 0 Å². The highest BCUT2D eigenvalue weighted by atomic mass is 16.6. The van der Waals surface area contributed by atoms with Crippen LogP contribution in [0.15, 0.2) is 66.7 Å². The number of nitrogens with one attached hydrogen (secondary N) is 1. The van der Waals surface area contributed by atoms with Crippen LogP contribution in [0.4, 0.5) is 11.4 Å². The van der Waals surface area contributed by atoms with Gasteiger partial charge in [0.05, 0.1) is 21.4 Å². The molecule has 7 heteroatoms. The van der Waals surface area contributed by atoms with Gasteiger partial charge in [-0.2, -0.15) is 0 Å². The summed E-state index contributed by atoms with van der Waals surface area (Å²) in [5.41, 5.74) is 8.37. The maximum Gasteiger partial charge on any atom is 0.302 e. The Labute approximate surface area is 148 Å². The molecule has 0 saturated heterocycles. The monoisotopic (exact) mass is 349 g/mol. The van der Waals surface area contributed by atoms with Crippen molar-refractivity contribution >= 4 is 33.2 Å². The second kappa shape index (κ2) is 6.94. The summed E-state index contributed by atoms with van der Waals surface area (Å²) in [7, 11) is 0. The molecule has 0 aliphatic carbocycles. The van der Waals surface area contributed by atoms with E-state index in [1.165, 1.54) is 6.07 Å². The molecule has 0 fully saturated rings. The van der Waals surface area contributed by atoms with Crippen LogP contribution in [0.2, 0.25) is 0 Å². The van der Waals surface area contributed by atoms with E-state index in [9.17, 15) is 15.2 Å². The third-order valence-electron chi connectivity index (χ3n) is 3.86. The average molecular weight is 349 g/mol. The number of benzene rings is 3. The molecule has 0 radical (unpaired) electrons. The fourth-order valence-electron chi connectivity index (χ4n) is 2.64. The number of nitrogens with zero attached hydrogens (tertiary/aromatic N) is 1. The van der Waals surface area contributed by atoms with E-state index in [2.05, 4.69) is 4.98 Å². The van der Waals surface area contributed by atoms with Gasteiger partial charge in [-0.3, -0.25) is 10.1 Å². The summed E-state index contributed by atoms with van der Waals surface area (Å²) in [6.45, 7) is 0. The van der Waals surface area contributed by atoms with E-state index in [-0.39, 0.29) is 0 Å². The Bertz CT molecular complexity index is 1040. The Kier molecular flexibility index (Phi) is 4.53. The van der Waals surface area contributed by atoms with Crippen LogP contribution in [-0.4, -0.2) is 10.0 Å². The van der Waals surface area contributed by atoms with Crippen LogP contribution in [0.25, 0.3) is 21.8 Å². The number of rotatable bonds is 1. The molecule has 4 aromatic rings. The minimum absolute atomic E-state index is 0.595. The number of nitrogen functional groups attached to an aromatic ring is 1. The maximum atomic E-state index is 10.7. The molecule has 0 spiro atoms. The number of nitro groups is 1. The molecule has 0 aliphatic heterocycles. The number of aromatic amines is 1. The lowest BCUT2D eigenvalue weighted by atomic mass is 10.1. The van der Waals surface area contributed by atoms with Crippen molar-refractivity contribution in [3.05, 3.63) is 76.8 Å². The maximum absolute atomic E-state index is 10.7. The summed E-state index contributed by atoms with van der Waals surface area (Å²) >= 11 is 0. The Morgan fingerprint density at radius 3 is 1.88 bits per heavy atom. The molecule has 4 rings (SSSR count). The molecule has 3 aromatic carbocycles. The van der Waals surface area contributed by atoms with Gasteiger partial charge in [-0.25, -0.2) is 4.98 Å². The van der Waals surface area contributed by atoms with Crippen molar-refractivity contribution in [2.45, 2.75) is 0 Å². The minimum atomic E-state index is -0.905. The first-order chi connectivity index (χ1) is 12.5. The van der Waals surface area contributed by atoms with Gasteiger partial charge >= 0.3 is 5.69 Å². The van der Waals surface area contributed by atoms with E-state index < -0.39 is 22.1 Å². The number of aromatic nitrogens is 1. The van der Waals surface area contributed by atoms with E-state index in [0.29, 0.717) is 0 Å². The number of hydrogen-bond donors (Lipinski definition) is 2. The quantitative estimate of drug-likeness (QED) is 0.310. The molecule has 0 atom stereocenters. The number of pyridine rings is 1. The topological polar surface area (TPSA) is 127 Å². The highest BCUT2D eigenvalue weighted by Crippen LogP contribution is 2.32. The Balaban J connectivity index is 0.000000160. The zero-order valence-corrected chi connectivity index (χ0v) is 13.5. The molecular weight excluding hydrogens is 334 g/mol. The van der Waals surface area contributed by atoms with Crippen LogP contribution in [-0.2, 0) is 0 Å². The van der Waals surface area contributed by atoms with Crippen molar-refractivity contribution in [1.29, 1.82) is 0 Å². The first-order valence-corrected chi connectivity index (χ1v) is 7.70. The van der Waals surface area contributed by atoms with E-state index in [4.69, 9.17) is 10.8 Å². The zero-order valence-electron chi connectivity index (χ0n) is 13.5. The average Bonchev–Trinajstić information content (AvgIpc) is 2.62. The van der Waals surface area contributed by atoms with Gasteiger partial charge in [-0.1, -0.05) is 36.4 Å². The standard InChI is InChI=1S/C13H10N2.C6H5NO4/c14-13-9-5-1-3-7-11(9)15-12-8-4-2-6-10(12)13;8-4-2-1-3-5(9)6(4)7(10)11/h1-8H,(H2,14,15);1-3,8-9H. The van der Waals surface area contributed by atoms with Crippen LogP contribution < -0.4 is 15.8 Å². The van der Waals surface area contributed by atoms with Gasteiger partial charge in [-0.05, 0) is 23.9 Å². The SMILES string of the molecule is Nc1c2ccccc2[nH+]c2ccccc12.O=[N+]([O-])c1c([O-])cccc1O. The number of nitro benzene ring substituents is 1. The second-order valence-electron chi connectivity index (χ2n) is 5.51. The first-order valence-electron chi connectivity index (χ1n) is 7.70. The van der Waals surface area contributed by atoms with Gasteiger partial charge in [0.2, 0.25) is 11.0 Å². The van der Waals surface area contributed by atoms with Crippen molar-refractivity contribution < 1.29 is 20.1 Å². The predicted octanol–water partition coefficient (Wildman–Crippen LogP) is 2.76. The summed E-state index contributed by atoms with van der Waals surface area (Å²) < 4.78 is 0. The zero-order chi connectivity index (χ0) is 18.7. The van der Waals surface area contributed by atoms with Crippen molar-refractivity contribution in [2.24, 2.45) is 0 Å². The second-order valence-corrected chi connectivity index (χ2v) is 5.51. The smallest absolute Gasteiger partial charge is 0.302 e. The fourth-order valence-corrected chi connectivity index (χ4v) is 2.64. The van der Waals surface area contributed by atoms with Crippen molar-refractivity contribution in [3.63, 3.8) is 0 Å². The molecule has 1 heterocycles. The van der Waals surface area contributed by atoms with Gasteiger partial charge < -0.3 is 15.9 Å². The van der Waals surface area contributed by atoms with Crippen LogP contribution in [0.1, 0.15) is 0 Å². The van der Waals surface area contributed by atoms with Gasteiger partial charge in [0.25, 0.3) is 0 Å². The lowest BCUT2D eigenvalue weighted by molar-refractivity contribution is -0.399. The molecule has 0 amide bonds. The van der Waals surface area contributed by atoms with E-state index in [1.54, 1.807) is 0 Å². The fraction of sp³-hybridized carbons (Fsp3) is 0. The normalized spacial score (nSPS) is 10.3. The lowest BCUT2D eigenvalue weighted by Gasteiger charge is -2.05. The molecule has 0 saturated carbocycles. The highest BCUT2D eigenvalue weighted by Gasteiger charge is 2.12. The van der Waals surface area contributed by atoms with Crippen LogP contribution >= 0.6 is 0 Å². The van der Waals surface area contributed by atoms with Gasteiger partial charge in [0.15, 0.2) is 5.75 Å². The number of phenolic OH excluding ortho intramolecular Hbond substituents is 1. The molecule has 26 heavy (non-hydrogen) atoms. The minimum Gasteiger partial charge on any atom is -0.868 e. The molecule has 0 unspecified atom stereocenters. The molecule has 1 aromatic heterocycles. The summed E-state index contributed by atoms with van der Waals surface area (Å²) in [6, 6.07) is 19.5. The number of anilines is 1. The summed E-state index contributed by atoms with van der Waals surface area (Å²) in [5, 5.41) is 31.7. The third kappa shape index (κ3) is 3.18. The summed E-state index contributed by atoms with van der Waals surface area (Å²) in [4.78, 5) is 12.6. The molecule has 130 valence electrons. The molecular formula is C19H15N3O4. The number of nitrogens with two attached hydrogens (primary N) is 1. The third-order valence-corrected chi connectivity index (χ3v) is 3.86. The van der Waals surface area contributed by atoms with E-state index in [0.717, 1.165) is 39.6 Å². The van der Waals surface area contributed by atoms with Crippen LogP contribution in [0.5, 0.6) is 11.5 Å². The predicted molar refractivity (Wildman–Crippen MR) is 96.6 cm³/mol. The Morgan fingerprint density at radius 2 is 1.42 bits per heavy atom. The number of hydrogen-bond acceptors (Lipinski definition) is 5. The van der Waals surface area contributed by atoms with Crippen LogP contribution in [0.3, 0.4) is 0 Å². The number of para-hydroxylation sites is 3. The molecule has 0 aliphatic rings. The summed E-state index contributed by atoms with van der Waals surface area (Å²) in [5.74, 6) is -1.38. The Morgan fingerprint density at radius 1 is 0.885 bits per heavy atom. The van der Waals surface area contributed by atoms with Gasteiger partial charge in [0, 0.05) is 12.1 Å². The van der Waals surface area contributed by atoms with Crippen molar-refractivity contribution in [1.82, 2.24) is 0 Å². The highest BCUT2D eigenvalue weighted by molar-refractivity contribution is 6.03. The lowest BCUT2D eigenvalue weighted by Crippen LogP contribution is -2.07. The molecule has 4 N–H and O–H groups in total. The first kappa shape index (κ1) is 17.0. The molecule has 7 nitrogen and oxygen atoms in total. The van der Waals surface area contributed by atoms with E-state index >= 15 is 0 Å². The van der Waals surface area contributed by atoms with Crippen molar-refractivity contribution in [2.75, 3.05) is 5.73 Å². The number of fused-ring (bicyclic) bond motifs is 2. The number of phenols is 1. The van der Waals surface area contributed by atoms with Gasteiger partial charge in [0.1, 0.15) is 0 Å².